The highest BCUT2D eigenvalue weighted by Gasteiger charge is 2.34. The van der Waals surface area contributed by atoms with Crippen molar-refractivity contribution in [2.24, 2.45) is 5.92 Å². The minimum atomic E-state index is -0.246. The minimum absolute atomic E-state index is 0.117. The van der Waals surface area contributed by atoms with Crippen molar-refractivity contribution in [2.75, 3.05) is 32.7 Å². The number of nitrogens with zero attached hydrogens (tertiary/aromatic N) is 2. The lowest BCUT2D eigenvalue weighted by Gasteiger charge is -2.27. The second-order valence-electron chi connectivity index (χ2n) is 5.93. The third-order valence-electron chi connectivity index (χ3n) is 4.54. The van der Waals surface area contributed by atoms with Gasteiger partial charge in [-0.3, -0.25) is 10.1 Å². The lowest BCUT2D eigenvalue weighted by Crippen LogP contribution is -2.35. The zero-order valence-electron chi connectivity index (χ0n) is 12.4. The van der Waals surface area contributed by atoms with Gasteiger partial charge in [0.05, 0.1) is 6.54 Å². The van der Waals surface area contributed by atoms with Crippen molar-refractivity contribution in [3.8, 4) is 0 Å². The third kappa shape index (κ3) is 3.09. The smallest absolute Gasteiger partial charge is 0.238 e. The molecule has 1 amide bonds. The predicted octanol–water partition coefficient (Wildman–Crippen LogP) is 1.60. The summed E-state index contributed by atoms with van der Waals surface area (Å²) >= 11 is 0. The van der Waals surface area contributed by atoms with Gasteiger partial charge in [-0.1, -0.05) is 19.1 Å². The summed E-state index contributed by atoms with van der Waals surface area (Å²) in [6.07, 6.45) is 1.03. The molecule has 0 radical (unpaired) electrons. The lowest BCUT2D eigenvalue weighted by molar-refractivity contribution is -0.128. The third-order valence-corrected chi connectivity index (χ3v) is 4.54. The Morgan fingerprint density at radius 3 is 2.76 bits per heavy atom. The van der Waals surface area contributed by atoms with Gasteiger partial charge in [-0.2, -0.15) is 0 Å². The van der Waals surface area contributed by atoms with Gasteiger partial charge in [-0.25, -0.2) is 4.39 Å². The Labute approximate surface area is 124 Å². The number of amides is 1. The van der Waals surface area contributed by atoms with Crippen LogP contribution in [0.25, 0.3) is 0 Å². The first-order valence-electron chi connectivity index (χ1n) is 7.68. The van der Waals surface area contributed by atoms with E-state index in [4.69, 9.17) is 0 Å². The molecule has 3 rings (SSSR count). The van der Waals surface area contributed by atoms with E-state index in [1.807, 2.05) is 4.90 Å². The van der Waals surface area contributed by atoms with Gasteiger partial charge in [0.15, 0.2) is 0 Å². The summed E-state index contributed by atoms with van der Waals surface area (Å²) < 4.78 is 13.1. The summed E-state index contributed by atoms with van der Waals surface area (Å²) in [6.45, 7) is 6.58. The Balaban J connectivity index is 1.69. The second-order valence-corrected chi connectivity index (χ2v) is 5.93. The van der Waals surface area contributed by atoms with Crippen LogP contribution in [-0.2, 0) is 4.79 Å². The molecule has 0 bridgehead atoms. The van der Waals surface area contributed by atoms with E-state index in [2.05, 4.69) is 17.1 Å². The number of benzene rings is 1. The molecule has 2 heterocycles. The summed E-state index contributed by atoms with van der Waals surface area (Å²) in [5.41, 5.74) is 0.951. The summed E-state index contributed by atoms with van der Waals surface area (Å²) in [7, 11) is 0. The van der Waals surface area contributed by atoms with Crippen molar-refractivity contribution >= 4 is 5.91 Å². The maximum Gasteiger partial charge on any atom is 0.238 e. The lowest BCUT2D eigenvalue weighted by atomic mass is 10.1. The fourth-order valence-corrected chi connectivity index (χ4v) is 3.32. The van der Waals surface area contributed by atoms with E-state index in [1.165, 1.54) is 12.1 Å². The molecule has 5 heteroatoms. The summed E-state index contributed by atoms with van der Waals surface area (Å²) in [5, 5.41) is 3.23. The van der Waals surface area contributed by atoms with Gasteiger partial charge in [0.2, 0.25) is 5.91 Å². The summed E-state index contributed by atoms with van der Waals surface area (Å²) in [5.74, 6) is 0.431. The van der Waals surface area contributed by atoms with Crippen LogP contribution in [0.3, 0.4) is 0 Å². The van der Waals surface area contributed by atoms with E-state index in [0.717, 1.165) is 38.2 Å². The van der Waals surface area contributed by atoms with Crippen LogP contribution in [0.4, 0.5) is 4.39 Å². The molecule has 1 aromatic carbocycles. The molecule has 2 unspecified atom stereocenters. The molecule has 0 saturated carbocycles. The summed E-state index contributed by atoms with van der Waals surface area (Å²) in [6, 6.07) is 6.41. The zero-order chi connectivity index (χ0) is 14.8. The molecular weight excluding hydrogens is 269 g/mol. The topological polar surface area (TPSA) is 35.6 Å². The quantitative estimate of drug-likeness (QED) is 0.915. The molecule has 2 saturated heterocycles. The summed E-state index contributed by atoms with van der Waals surface area (Å²) in [4.78, 5) is 16.5. The van der Waals surface area contributed by atoms with E-state index < -0.39 is 0 Å². The Morgan fingerprint density at radius 1 is 1.33 bits per heavy atom. The SMILES string of the molecule is CCN1CCC(CN2C(=O)CNC2c2ccc(F)cc2)C1. The Hall–Kier alpha value is -1.46. The monoisotopic (exact) mass is 291 g/mol. The van der Waals surface area contributed by atoms with Crippen molar-refractivity contribution < 1.29 is 9.18 Å². The van der Waals surface area contributed by atoms with Crippen molar-refractivity contribution in [3.05, 3.63) is 35.6 Å². The highest BCUT2D eigenvalue weighted by atomic mass is 19.1. The number of likely N-dealkylation sites (tertiary alicyclic amines) is 1. The first kappa shape index (κ1) is 14.5. The van der Waals surface area contributed by atoms with E-state index in [-0.39, 0.29) is 17.9 Å². The van der Waals surface area contributed by atoms with Gasteiger partial charge in [-0.05, 0) is 43.1 Å². The highest BCUT2D eigenvalue weighted by Crippen LogP contribution is 2.26. The number of halogens is 1. The standard InChI is InChI=1S/C16H22FN3O/c1-2-19-8-7-12(10-19)11-20-15(21)9-18-16(20)13-3-5-14(17)6-4-13/h3-6,12,16,18H,2,7-11H2,1H3. The molecule has 0 spiro atoms. The van der Waals surface area contributed by atoms with Gasteiger partial charge >= 0.3 is 0 Å². The van der Waals surface area contributed by atoms with Crippen LogP contribution in [0, 0.1) is 11.7 Å². The molecule has 21 heavy (non-hydrogen) atoms. The maximum atomic E-state index is 13.1. The molecule has 0 aromatic heterocycles. The molecule has 2 fully saturated rings. The predicted molar refractivity (Wildman–Crippen MR) is 79.1 cm³/mol. The van der Waals surface area contributed by atoms with Crippen molar-refractivity contribution in [1.82, 2.24) is 15.1 Å². The van der Waals surface area contributed by atoms with Crippen LogP contribution < -0.4 is 5.32 Å². The molecule has 4 nitrogen and oxygen atoms in total. The second kappa shape index (κ2) is 6.12. The molecule has 114 valence electrons. The molecular formula is C16H22FN3O. The molecule has 1 N–H and O–H groups in total. The molecule has 0 aliphatic carbocycles. The number of hydrogen-bond donors (Lipinski definition) is 1. The van der Waals surface area contributed by atoms with Crippen LogP contribution in [0.15, 0.2) is 24.3 Å². The number of rotatable bonds is 4. The van der Waals surface area contributed by atoms with Crippen LogP contribution >= 0.6 is 0 Å². The Morgan fingerprint density at radius 2 is 2.10 bits per heavy atom. The molecule has 2 aliphatic rings. The number of carbonyl (C=O) groups is 1. The number of hydrogen-bond acceptors (Lipinski definition) is 3. The first-order chi connectivity index (χ1) is 10.2. The van der Waals surface area contributed by atoms with Gasteiger partial charge in [0.1, 0.15) is 12.0 Å². The van der Waals surface area contributed by atoms with Crippen LogP contribution in [-0.4, -0.2) is 48.4 Å². The molecule has 2 aliphatic heterocycles. The highest BCUT2D eigenvalue weighted by molar-refractivity contribution is 5.81. The van der Waals surface area contributed by atoms with Gasteiger partial charge in [-0.15, -0.1) is 0 Å². The van der Waals surface area contributed by atoms with Crippen molar-refractivity contribution in [2.45, 2.75) is 19.5 Å². The first-order valence-corrected chi connectivity index (χ1v) is 7.68. The maximum absolute atomic E-state index is 13.1. The molecule has 1 aromatic rings. The van der Waals surface area contributed by atoms with Crippen LogP contribution in [0.5, 0.6) is 0 Å². The zero-order valence-corrected chi connectivity index (χ0v) is 12.4. The average Bonchev–Trinajstić information content (AvgIpc) is 3.08. The molecule has 2 atom stereocenters. The fraction of sp³-hybridized carbons (Fsp3) is 0.562. The van der Waals surface area contributed by atoms with Crippen LogP contribution in [0.1, 0.15) is 25.1 Å². The van der Waals surface area contributed by atoms with Crippen molar-refractivity contribution in [1.29, 1.82) is 0 Å². The van der Waals surface area contributed by atoms with Crippen LogP contribution in [0.2, 0.25) is 0 Å². The number of nitrogens with one attached hydrogen (secondary N) is 1. The van der Waals surface area contributed by atoms with E-state index in [9.17, 15) is 9.18 Å². The number of carbonyl (C=O) groups excluding carboxylic acids is 1. The fourth-order valence-electron chi connectivity index (χ4n) is 3.32. The van der Waals surface area contributed by atoms with Gasteiger partial charge in [0.25, 0.3) is 0 Å². The van der Waals surface area contributed by atoms with Gasteiger partial charge < -0.3 is 9.80 Å². The Bertz CT molecular complexity index is 505. The van der Waals surface area contributed by atoms with E-state index >= 15 is 0 Å². The van der Waals surface area contributed by atoms with Crippen molar-refractivity contribution in [3.63, 3.8) is 0 Å². The van der Waals surface area contributed by atoms with Gasteiger partial charge in [0, 0.05) is 13.1 Å². The van der Waals surface area contributed by atoms with E-state index in [1.54, 1.807) is 12.1 Å². The largest absolute Gasteiger partial charge is 0.321 e. The minimum Gasteiger partial charge on any atom is -0.321 e. The normalized spacial score (nSPS) is 26.8. The van der Waals surface area contributed by atoms with E-state index in [0.29, 0.717) is 12.5 Å². The average molecular weight is 291 g/mol. The Kier molecular flexibility index (Phi) is 4.22.